The molecule has 1 unspecified atom stereocenters. The van der Waals surface area contributed by atoms with Gasteiger partial charge in [-0.2, -0.15) is 0 Å². The normalized spacial score (nSPS) is 30.4. The average molecular weight is 320 g/mol. The summed E-state index contributed by atoms with van der Waals surface area (Å²) in [4.78, 5) is 27.3. The Morgan fingerprint density at radius 1 is 1.00 bits per heavy atom. The molecule has 2 aliphatic heterocycles. The summed E-state index contributed by atoms with van der Waals surface area (Å²) in [6, 6.07) is 0. The Hall–Kier alpha value is -2.33. The van der Waals surface area contributed by atoms with Crippen LogP contribution in [0.3, 0.4) is 0 Å². The minimum Gasteiger partial charge on any atom is -0.388 e. The molecule has 3 nitrogen and oxygen atoms in total. The number of hydrogen-bond donors (Lipinski definition) is 0. The molecule has 0 aromatic heterocycles. The van der Waals surface area contributed by atoms with Crippen LogP contribution in [0.5, 0.6) is 0 Å². The van der Waals surface area contributed by atoms with Crippen LogP contribution in [0.2, 0.25) is 0 Å². The van der Waals surface area contributed by atoms with E-state index in [1.165, 1.54) is 0 Å². The minimum absolute atomic E-state index is 0.454. The van der Waals surface area contributed by atoms with Gasteiger partial charge in [-0.3, -0.25) is 0 Å². The molecule has 0 bridgehead atoms. The number of hydrogen-bond acceptors (Lipinski definition) is 4. The zero-order valence-electron chi connectivity index (χ0n) is 12.2. The van der Waals surface area contributed by atoms with Gasteiger partial charge in [-0.25, -0.2) is 9.59 Å². The van der Waals surface area contributed by atoms with E-state index in [1.807, 2.05) is 36.5 Å². The van der Waals surface area contributed by atoms with Gasteiger partial charge in [-0.1, -0.05) is 54.3 Å². The van der Waals surface area contributed by atoms with E-state index in [-0.39, 0.29) is 0 Å². The monoisotopic (exact) mass is 320 g/mol. The molecule has 0 aromatic carbocycles. The van der Waals surface area contributed by atoms with Gasteiger partial charge >= 0.3 is 11.9 Å². The summed E-state index contributed by atoms with van der Waals surface area (Å²) in [5, 5.41) is 0. The first-order chi connectivity index (χ1) is 11.2. The highest BCUT2D eigenvalue weighted by molar-refractivity contribution is 8.07. The maximum Gasteiger partial charge on any atom is 0.343 e. The van der Waals surface area contributed by atoms with Gasteiger partial charge in [0.15, 0.2) is 5.41 Å². The summed E-state index contributed by atoms with van der Waals surface area (Å²) in [6.07, 6.45) is 17.5. The Balaban J connectivity index is 1.89. The molecular formula is C19H12O3S. The lowest BCUT2D eigenvalue weighted by Crippen LogP contribution is -2.37. The second kappa shape index (κ2) is 4.36. The van der Waals surface area contributed by atoms with Crippen molar-refractivity contribution in [2.24, 2.45) is 5.41 Å². The maximum atomic E-state index is 12.8. The van der Waals surface area contributed by atoms with Gasteiger partial charge in [-0.15, -0.1) is 0 Å². The molecule has 23 heavy (non-hydrogen) atoms. The lowest BCUT2D eigenvalue weighted by atomic mass is 9.66. The topological polar surface area (TPSA) is 43.4 Å². The molecule has 0 N–H and O–H groups in total. The zero-order valence-corrected chi connectivity index (χ0v) is 13.0. The fourth-order valence-electron chi connectivity index (χ4n) is 3.91. The zero-order chi connectivity index (χ0) is 15.6. The molecule has 0 radical (unpaired) electrons. The van der Waals surface area contributed by atoms with Crippen molar-refractivity contribution in [3.05, 3.63) is 80.7 Å². The van der Waals surface area contributed by atoms with Crippen LogP contribution in [0, 0.1) is 5.41 Å². The van der Waals surface area contributed by atoms with Gasteiger partial charge < -0.3 is 4.74 Å². The number of fused-ring (bicyclic) bond motifs is 2. The average Bonchev–Trinajstić information content (AvgIpc) is 2.85. The van der Waals surface area contributed by atoms with Crippen LogP contribution in [0.4, 0.5) is 0 Å². The predicted octanol–water partition coefficient (Wildman–Crippen LogP) is 3.65. The molecule has 5 aliphatic rings. The molecule has 4 heteroatoms. The summed E-state index contributed by atoms with van der Waals surface area (Å²) in [5.41, 5.74) is 2.39. The molecule has 1 saturated heterocycles. The number of cyclic esters (lactones) is 2. The van der Waals surface area contributed by atoms with E-state index in [4.69, 9.17) is 4.74 Å². The molecule has 1 atom stereocenters. The number of carbonyl (C=O) groups excluding carboxylic acids is 2. The second-order valence-corrected chi connectivity index (χ2v) is 7.07. The van der Waals surface area contributed by atoms with Crippen molar-refractivity contribution >= 4 is 23.7 Å². The molecular weight excluding hydrogens is 308 g/mol. The van der Waals surface area contributed by atoms with E-state index in [9.17, 15) is 9.59 Å². The third kappa shape index (κ3) is 1.47. The Bertz CT molecular complexity index is 905. The summed E-state index contributed by atoms with van der Waals surface area (Å²) in [6.45, 7) is 0. The van der Waals surface area contributed by atoms with Crippen LogP contribution >= 0.6 is 11.8 Å². The summed E-state index contributed by atoms with van der Waals surface area (Å²) >= 11 is 1.58. The van der Waals surface area contributed by atoms with Crippen molar-refractivity contribution in [1.82, 2.24) is 0 Å². The number of allylic oxidation sites excluding steroid dienone is 10. The molecule has 3 aliphatic carbocycles. The molecule has 0 saturated carbocycles. The van der Waals surface area contributed by atoms with Crippen molar-refractivity contribution in [1.29, 1.82) is 0 Å². The standard InChI is InChI=1S/C19H12O3S/c20-17-16-12-6-2-4-8-14(12)23-15-10-9-11-5-1-3-7-13(11)19(15,16)18(21)22-17/h1-4,7-10H,5-6H2. The van der Waals surface area contributed by atoms with E-state index >= 15 is 0 Å². The summed E-state index contributed by atoms with van der Waals surface area (Å²) in [5.74, 6) is -0.946. The fraction of sp³-hybridized carbons (Fsp3) is 0.158. The Morgan fingerprint density at radius 3 is 2.74 bits per heavy atom. The molecule has 0 amide bonds. The highest BCUT2D eigenvalue weighted by Crippen LogP contribution is 2.63. The number of thioether (sulfide) groups is 1. The highest BCUT2D eigenvalue weighted by Gasteiger charge is 2.63. The first kappa shape index (κ1) is 13.1. The van der Waals surface area contributed by atoms with E-state index < -0.39 is 17.4 Å². The molecule has 1 spiro atoms. The Labute approximate surface area is 137 Å². The van der Waals surface area contributed by atoms with Gasteiger partial charge in [0.1, 0.15) is 0 Å². The van der Waals surface area contributed by atoms with Crippen molar-refractivity contribution in [2.75, 3.05) is 0 Å². The van der Waals surface area contributed by atoms with Crippen LogP contribution in [0.1, 0.15) is 12.8 Å². The first-order valence-corrected chi connectivity index (χ1v) is 8.39. The lowest BCUT2D eigenvalue weighted by molar-refractivity contribution is -0.153. The lowest BCUT2D eigenvalue weighted by Gasteiger charge is -2.40. The Kier molecular flexibility index (Phi) is 2.49. The van der Waals surface area contributed by atoms with Crippen LogP contribution in [0.15, 0.2) is 80.7 Å². The highest BCUT2D eigenvalue weighted by atomic mass is 32.2. The van der Waals surface area contributed by atoms with Crippen molar-refractivity contribution in [3.8, 4) is 0 Å². The largest absolute Gasteiger partial charge is 0.388 e. The van der Waals surface area contributed by atoms with E-state index in [0.717, 1.165) is 33.0 Å². The third-order valence-corrected chi connectivity index (χ3v) is 6.15. The van der Waals surface area contributed by atoms with Crippen LogP contribution < -0.4 is 0 Å². The maximum absolute atomic E-state index is 12.8. The SMILES string of the molecule is O=C1OC(=O)C23C(=CC=C4CC=CC=C42)SC2=CC=CCC2=C13. The van der Waals surface area contributed by atoms with Crippen LogP contribution in [-0.2, 0) is 14.3 Å². The van der Waals surface area contributed by atoms with Crippen LogP contribution in [-0.4, -0.2) is 11.9 Å². The molecule has 1 fully saturated rings. The van der Waals surface area contributed by atoms with Gasteiger partial charge in [0.25, 0.3) is 0 Å². The van der Waals surface area contributed by atoms with Crippen molar-refractivity contribution in [2.45, 2.75) is 12.8 Å². The van der Waals surface area contributed by atoms with Gasteiger partial charge in [0, 0.05) is 9.81 Å². The summed E-state index contributed by atoms with van der Waals surface area (Å²) < 4.78 is 5.13. The fourth-order valence-corrected chi connectivity index (χ4v) is 5.19. The van der Waals surface area contributed by atoms with E-state index in [2.05, 4.69) is 12.2 Å². The van der Waals surface area contributed by atoms with E-state index in [0.29, 0.717) is 12.0 Å². The van der Waals surface area contributed by atoms with Gasteiger partial charge in [0.05, 0.1) is 5.57 Å². The van der Waals surface area contributed by atoms with Gasteiger partial charge in [-0.05, 0) is 35.6 Å². The number of rotatable bonds is 0. The molecule has 0 aromatic rings. The second-order valence-electron chi connectivity index (χ2n) is 5.98. The Morgan fingerprint density at radius 2 is 1.83 bits per heavy atom. The minimum atomic E-state index is -1.05. The number of carbonyl (C=O) groups is 2. The smallest absolute Gasteiger partial charge is 0.343 e. The van der Waals surface area contributed by atoms with E-state index in [1.54, 1.807) is 11.8 Å². The van der Waals surface area contributed by atoms with Crippen molar-refractivity contribution < 1.29 is 14.3 Å². The summed E-state index contributed by atoms with van der Waals surface area (Å²) in [7, 11) is 0. The predicted molar refractivity (Wildman–Crippen MR) is 88.0 cm³/mol. The van der Waals surface area contributed by atoms with Crippen molar-refractivity contribution in [3.63, 3.8) is 0 Å². The quantitative estimate of drug-likeness (QED) is 0.505. The number of ether oxygens (including phenoxy) is 1. The van der Waals surface area contributed by atoms with Gasteiger partial charge in [0.2, 0.25) is 0 Å². The number of esters is 2. The molecule has 5 rings (SSSR count). The molecule has 112 valence electrons. The molecule has 2 heterocycles. The first-order valence-electron chi connectivity index (χ1n) is 7.57. The third-order valence-electron chi connectivity index (χ3n) is 4.89. The van der Waals surface area contributed by atoms with Crippen LogP contribution in [0.25, 0.3) is 0 Å².